The van der Waals surface area contributed by atoms with Crippen molar-refractivity contribution in [3.63, 3.8) is 0 Å². The van der Waals surface area contributed by atoms with Crippen LogP contribution >= 0.6 is 0 Å². The first-order chi connectivity index (χ1) is 9.20. The van der Waals surface area contributed by atoms with Crippen LogP contribution in [0.1, 0.15) is 19.4 Å². The summed E-state index contributed by atoms with van der Waals surface area (Å²) in [5.74, 6) is -0.983. The summed E-state index contributed by atoms with van der Waals surface area (Å²) in [7, 11) is 0.551. The Morgan fingerprint density at radius 1 is 1.30 bits per heavy atom. The molecule has 0 aliphatic heterocycles. The second-order valence-corrected chi connectivity index (χ2v) is 7.90. The third-order valence-corrected chi connectivity index (χ3v) is 4.86. The summed E-state index contributed by atoms with van der Waals surface area (Å²) >= 11 is 0. The zero-order valence-corrected chi connectivity index (χ0v) is 13.2. The molecule has 1 amide bonds. The average molecular weight is 298 g/mol. The number of nitrogens with zero attached hydrogens (tertiary/aromatic N) is 1. The van der Waals surface area contributed by atoms with Crippen LogP contribution in [0.2, 0.25) is 0 Å². The number of rotatable bonds is 6. The van der Waals surface area contributed by atoms with Crippen molar-refractivity contribution < 1.29 is 13.2 Å². The number of nitrogens with one attached hydrogen (secondary N) is 1. The molecule has 0 bridgehead atoms. The molecule has 0 saturated carbocycles. The lowest BCUT2D eigenvalue weighted by Gasteiger charge is -2.12. The maximum atomic E-state index is 11.8. The molecule has 6 heteroatoms. The van der Waals surface area contributed by atoms with Crippen molar-refractivity contribution >= 4 is 21.4 Å². The van der Waals surface area contributed by atoms with Crippen LogP contribution in [0.25, 0.3) is 0 Å². The minimum absolute atomic E-state index is 0.484. The van der Waals surface area contributed by atoms with E-state index in [0.717, 1.165) is 12.1 Å². The Hall–Kier alpha value is -1.40. The van der Waals surface area contributed by atoms with E-state index in [1.54, 1.807) is 19.9 Å². The first-order valence-electron chi connectivity index (χ1n) is 6.46. The Morgan fingerprint density at radius 3 is 2.50 bits per heavy atom. The molecule has 0 heterocycles. The molecule has 1 aromatic rings. The zero-order chi connectivity index (χ0) is 15.3. The molecule has 0 aromatic heterocycles. The summed E-state index contributed by atoms with van der Waals surface area (Å²) < 4.78 is 23.4. The summed E-state index contributed by atoms with van der Waals surface area (Å²) in [4.78, 5) is 13.8. The van der Waals surface area contributed by atoms with Gasteiger partial charge in [-0.3, -0.25) is 4.79 Å². The van der Waals surface area contributed by atoms with E-state index in [-0.39, 0.29) is 0 Å². The number of carbonyl (C=O) groups is 1. The summed E-state index contributed by atoms with van der Waals surface area (Å²) in [5.41, 5.74) is 1.67. The molecular weight excluding hydrogens is 276 g/mol. The van der Waals surface area contributed by atoms with Gasteiger partial charge >= 0.3 is 0 Å². The molecule has 0 fully saturated rings. The Morgan fingerprint density at radius 2 is 1.95 bits per heavy atom. The second-order valence-electron chi connectivity index (χ2n) is 5.34. The van der Waals surface area contributed by atoms with Crippen LogP contribution in [0.5, 0.6) is 0 Å². The average Bonchev–Trinajstić information content (AvgIpc) is 2.26. The number of anilines is 1. The standard InChI is InChI=1S/C14H22N2O3S/c1-11(2)20(18,19)10-14(17)15-13-7-5-6-12(8-13)9-16(3)4/h5-8,11H,9-10H2,1-4H3,(H,15,17). The smallest absolute Gasteiger partial charge is 0.239 e. The van der Waals surface area contributed by atoms with Crippen molar-refractivity contribution in [3.8, 4) is 0 Å². The normalized spacial score (nSPS) is 11.9. The van der Waals surface area contributed by atoms with E-state index in [1.165, 1.54) is 0 Å². The van der Waals surface area contributed by atoms with E-state index in [0.29, 0.717) is 5.69 Å². The molecule has 0 spiro atoms. The van der Waals surface area contributed by atoms with E-state index in [1.807, 2.05) is 37.2 Å². The van der Waals surface area contributed by atoms with Crippen LogP contribution in [0, 0.1) is 0 Å². The summed E-state index contributed by atoms with van der Waals surface area (Å²) in [6.45, 7) is 3.90. The minimum atomic E-state index is -3.37. The third-order valence-electron chi connectivity index (χ3n) is 2.76. The lowest BCUT2D eigenvalue weighted by molar-refractivity contribution is -0.113. The van der Waals surface area contributed by atoms with Crippen molar-refractivity contribution in [2.75, 3.05) is 25.2 Å². The fourth-order valence-electron chi connectivity index (χ4n) is 1.66. The molecule has 0 unspecified atom stereocenters. The molecule has 1 aromatic carbocycles. The minimum Gasteiger partial charge on any atom is -0.325 e. The Kier molecular flexibility index (Phi) is 5.71. The van der Waals surface area contributed by atoms with E-state index < -0.39 is 26.7 Å². The summed E-state index contributed by atoms with van der Waals surface area (Å²) in [6.07, 6.45) is 0. The van der Waals surface area contributed by atoms with Crippen molar-refractivity contribution in [1.82, 2.24) is 4.90 Å². The molecule has 5 nitrogen and oxygen atoms in total. The molecule has 1 N–H and O–H groups in total. The van der Waals surface area contributed by atoms with Gasteiger partial charge in [-0.1, -0.05) is 12.1 Å². The van der Waals surface area contributed by atoms with Crippen LogP contribution in [0.15, 0.2) is 24.3 Å². The number of hydrogen-bond acceptors (Lipinski definition) is 4. The van der Waals surface area contributed by atoms with Crippen LogP contribution in [0.3, 0.4) is 0 Å². The molecule has 0 atom stereocenters. The van der Waals surface area contributed by atoms with Gasteiger partial charge in [-0.2, -0.15) is 0 Å². The molecular formula is C14H22N2O3S. The molecule has 1 rings (SSSR count). The highest BCUT2D eigenvalue weighted by atomic mass is 32.2. The Bertz CT molecular complexity index is 566. The maximum Gasteiger partial charge on any atom is 0.239 e. The van der Waals surface area contributed by atoms with Gasteiger partial charge in [0.1, 0.15) is 5.75 Å². The highest BCUT2D eigenvalue weighted by molar-refractivity contribution is 7.92. The number of sulfone groups is 1. The lowest BCUT2D eigenvalue weighted by Crippen LogP contribution is -2.27. The van der Waals surface area contributed by atoms with E-state index in [2.05, 4.69) is 5.32 Å². The monoisotopic (exact) mass is 298 g/mol. The van der Waals surface area contributed by atoms with Crippen LogP contribution in [-0.4, -0.2) is 44.3 Å². The van der Waals surface area contributed by atoms with Crippen molar-refractivity contribution in [1.29, 1.82) is 0 Å². The zero-order valence-electron chi connectivity index (χ0n) is 12.4. The topological polar surface area (TPSA) is 66.5 Å². The highest BCUT2D eigenvalue weighted by Gasteiger charge is 2.20. The second kappa shape index (κ2) is 6.85. The van der Waals surface area contributed by atoms with Gasteiger partial charge < -0.3 is 10.2 Å². The quantitative estimate of drug-likeness (QED) is 0.864. The summed E-state index contributed by atoms with van der Waals surface area (Å²) in [5, 5.41) is 2.08. The SMILES string of the molecule is CC(C)S(=O)(=O)CC(=O)Nc1cccc(CN(C)C)c1. The van der Waals surface area contributed by atoms with E-state index in [9.17, 15) is 13.2 Å². The molecule has 0 radical (unpaired) electrons. The molecule has 20 heavy (non-hydrogen) atoms. The molecule has 112 valence electrons. The number of benzene rings is 1. The van der Waals surface area contributed by atoms with Gasteiger partial charge in [-0.15, -0.1) is 0 Å². The maximum absolute atomic E-state index is 11.8. The van der Waals surface area contributed by atoms with Gasteiger partial charge in [-0.05, 0) is 45.6 Å². The predicted octanol–water partition coefficient (Wildman–Crippen LogP) is 1.51. The first kappa shape index (κ1) is 16.7. The predicted molar refractivity (Wildman–Crippen MR) is 81.4 cm³/mol. The number of amides is 1. The Balaban J connectivity index is 2.72. The van der Waals surface area contributed by atoms with E-state index in [4.69, 9.17) is 0 Å². The number of carbonyl (C=O) groups excluding carboxylic acids is 1. The van der Waals surface area contributed by atoms with Crippen molar-refractivity contribution in [2.24, 2.45) is 0 Å². The van der Waals surface area contributed by atoms with Crippen molar-refractivity contribution in [2.45, 2.75) is 25.6 Å². The fourth-order valence-corrected chi connectivity index (χ4v) is 2.43. The van der Waals surface area contributed by atoms with Gasteiger partial charge in [0.05, 0.1) is 5.25 Å². The third kappa shape index (κ3) is 5.30. The first-order valence-corrected chi connectivity index (χ1v) is 8.17. The molecule has 0 aliphatic rings. The number of hydrogen-bond donors (Lipinski definition) is 1. The Labute approximate surface area is 120 Å². The van der Waals surface area contributed by atoms with Gasteiger partial charge in [0, 0.05) is 12.2 Å². The van der Waals surface area contributed by atoms with Crippen LogP contribution in [-0.2, 0) is 21.2 Å². The molecule has 0 saturated heterocycles. The lowest BCUT2D eigenvalue weighted by atomic mass is 10.2. The molecule has 0 aliphatic carbocycles. The van der Waals surface area contributed by atoms with Crippen LogP contribution < -0.4 is 5.32 Å². The van der Waals surface area contributed by atoms with Gasteiger partial charge in [0.2, 0.25) is 5.91 Å². The van der Waals surface area contributed by atoms with Gasteiger partial charge in [-0.25, -0.2) is 8.42 Å². The van der Waals surface area contributed by atoms with Crippen LogP contribution in [0.4, 0.5) is 5.69 Å². The largest absolute Gasteiger partial charge is 0.325 e. The fraction of sp³-hybridized carbons (Fsp3) is 0.500. The summed E-state index contributed by atoms with van der Waals surface area (Å²) in [6, 6.07) is 7.39. The highest BCUT2D eigenvalue weighted by Crippen LogP contribution is 2.12. The van der Waals surface area contributed by atoms with Crippen molar-refractivity contribution in [3.05, 3.63) is 29.8 Å². The van der Waals surface area contributed by atoms with Gasteiger partial charge in [0.25, 0.3) is 0 Å². The van der Waals surface area contributed by atoms with Gasteiger partial charge in [0.15, 0.2) is 9.84 Å². The van der Waals surface area contributed by atoms with E-state index >= 15 is 0 Å².